The van der Waals surface area contributed by atoms with E-state index in [2.05, 4.69) is 34.9 Å². The maximum Gasteiger partial charge on any atom is 0.255 e. The fourth-order valence-corrected chi connectivity index (χ4v) is 3.44. The molecule has 1 unspecified atom stereocenters. The van der Waals surface area contributed by atoms with Crippen LogP contribution in [0.1, 0.15) is 28.8 Å². The van der Waals surface area contributed by atoms with Crippen molar-refractivity contribution in [3.63, 3.8) is 0 Å². The van der Waals surface area contributed by atoms with Crippen LogP contribution < -0.4 is 15.4 Å². The first-order valence-electron chi connectivity index (χ1n) is 8.43. The minimum absolute atomic E-state index is 0. The number of halogens is 1. The fraction of sp³-hybridized carbons (Fsp3) is 0.350. The Hall–Kier alpha value is -2.04. The molecule has 0 bridgehead atoms. The average Bonchev–Trinajstić information content (AvgIpc) is 2.67. The Kier molecular flexibility index (Phi) is 6.85. The summed E-state index contributed by atoms with van der Waals surface area (Å²) in [5, 5.41) is 6.61. The molecule has 5 heteroatoms. The van der Waals surface area contributed by atoms with Gasteiger partial charge in [0.1, 0.15) is 5.75 Å². The van der Waals surface area contributed by atoms with Gasteiger partial charge in [-0.3, -0.25) is 4.79 Å². The Morgan fingerprint density at radius 2 is 1.88 bits per heavy atom. The number of benzene rings is 2. The van der Waals surface area contributed by atoms with E-state index in [1.165, 1.54) is 5.56 Å². The number of ether oxygens (including phenoxy) is 1. The SMILES string of the molecule is COc1ccccc1C(=O)NCC1(c2ccccc2)CCCNC1.Cl. The molecule has 1 fully saturated rings. The molecule has 1 aliphatic rings. The molecule has 3 rings (SSSR count). The van der Waals surface area contributed by atoms with Crippen molar-refractivity contribution < 1.29 is 9.53 Å². The molecule has 4 nitrogen and oxygen atoms in total. The predicted molar refractivity (Wildman–Crippen MR) is 103 cm³/mol. The number of nitrogens with one attached hydrogen (secondary N) is 2. The van der Waals surface area contributed by atoms with Gasteiger partial charge in [0.2, 0.25) is 0 Å². The Morgan fingerprint density at radius 3 is 2.56 bits per heavy atom. The second kappa shape index (κ2) is 8.88. The van der Waals surface area contributed by atoms with Crippen molar-refractivity contribution in [1.29, 1.82) is 0 Å². The number of methoxy groups -OCH3 is 1. The number of carbonyl (C=O) groups is 1. The van der Waals surface area contributed by atoms with Crippen molar-refractivity contribution in [3.8, 4) is 5.75 Å². The van der Waals surface area contributed by atoms with E-state index in [0.717, 1.165) is 25.9 Å². The van der Waals surface area contributed by atoms with Crippen LogP contribution in [0.4, 0.5) is 0 Å². The zero-order valence-corrected chi connectivity index (χ0v) is 15.3. The van der Waals surface area contributed by atoms with E-state index < -0.39 is 0 Å². The van der Waals surface area contributed by atoms with Crippen LogP contribution in [0.3, 0.4) is 0 Å². The number of amides is 1. The zero-order chi connectivity index (χ0) is 16.8. The third-order valence-corrected chi connectivity index (χ3v) is 4.80. The summed E-state index contributed by atoms with van der Waals surface area (Å²) < 4.78 is 5.29. The Labute approximate surface area is 155 Å². The van der Waals surface area contributed by atoms with Gasteiger partial charge in [0.25, 0.3) is 5.91 Å². The molecule has 25 heavy (non-hydrogen) atoms. The van der Waals surface area contributed by atoms with Gasteiger partial charge in [-0.15, -0.1) is 12.4 Å². The maximum atomic E-state index is 12.6. The fourth-order valence-electron chi connectivity index (χ4n) is 3.44. The van der Waals surface area contributed by atoms with E-state index in [0.29, 0.717) is 17.9 Å². The van der Waals surface area contributed by atoms with Crippen LogP contribution in [0.15, 0.2) is 54.6 Å². The van der Waals surface area contributed by atoms with Gasteiger partial charge in [0.15, 0.2) is 0 Å². The second-order valence-corrected chi connectivity index (χ2v) is 6.31. The lowest BCUT2D eigenvalue weighted by Gasteiger charge is -2.38. The van der Waals surface area contributed by atoms with E-state index in [-0.39, 0.29) is 23.7 Å². The largest absolute Gasteiger partial charge is 0.496 e. The standard InChI is InChI=1S/C20H24N2O2.ClH/c1-24-18-11-6-5-10-17(18)19(23)22-15-20(12-7-13-21-14-20)16-8-3-2-4-9-16;/h2-6,8-11,21H,7,12-15H2,1H3,(H,22,23);1H. The van der Waals surface area contributed by atoms with E-state index in [1.54, 1.807) is 13.2 Å². The number of hydrogen-bond acceptors (Lipinski definition) is 3. The molecule has 134 valence electrons. The molecular formula is C20H25ClN2O2. The first-order chi connectivity index (χ1) is 11.7. The molecule has 2 aromatic rings. The highest BCUT2D eigenvalue weighted by Crippen LogP contribution is 2.31. The van der Waals surface area contributed by atoms with Crippen molar-refractivity contribution in [2.24, 2.45) is 0 Å². The molecular weight excluding hydrogens is 336 g/mol. The number of piperidine rings is 1. The van der Waals surface area contributed by atoms with Gasteiger partial charge >= 0.3 is 0 Å². The molecule has 1 atom stereocenters. The minimum atomic E-state index is -0.0895. The van der Waals surface area contributed by atoms with Gasteiger partial charge in [0, 0.05) is 18.5 Å². The molecule has 1 amide bonds. The van der Waals surface area contributed by atoms with Crippen LogP contribution in [0, 0.1) is 0 Å². The van der Waals surface area contributed by atoms with Crippen LogP contribution in [-0.2, 0) is 5.41 Å². The number of para-hydroxylation sites is 1. The second-order valence-electron chi connectivity index (χ2n) is 6.31. The van der Waals surface area contributed by atoms with Gasteiger partial charge in [-0.05, 0) is 37.1 Å². The normalized spacial score (nSPS) is 19.6. The molecule has 1 aliphatic heterocycles. The maximum absolute atomic E-state index is 12.6. The molecule has 2 N–H and O–H groups in total. The summed E-state index contributed by atoms with van der Waals surface area (Å²) in [6.45, 7) is 2.53. The van der Waals surface area contributed by atoms with Gasteiger partial charge in [0.05, 0.1) is 12.7 Å². The van der Waals surface area contributed by atoms with Gasteiger partial charge in [-0.1, -0.05) is 42.5 Å². The smallest absolute Gasteiger partial charge is 0.255 e. The minimum Gasteiger partial charge on any atom is -0.496 e. The van der Waals surface area contributed by atoms with Crippen LogP contribution >= 0.6 is 12.4 Å². The van der Waals surface area contributed by atoms with Crippen LogP contribution in [0.5, 0.6) is 5.75 Å². The Morgan fingerprint density at radius 1 is 1.16 bits per heavy atom. The summed E-state index contributed by atoms with van der Waals surface area (Å²) in [5.41, 5.74) is 1.79. The monoisotopic (exact) mass is 360 g/mol. The highest BCUT2D eigenvalue weighted by Gasteiger charge is 2.34. The summed E-state index contributed by atoms with van der Waals surface area (Å²) in [4.78, 5) is 12.6. The highest BCUT2D eigenvalue weighted by molar-refractivity contribution is 5.96. The van der Waals surface area contributed by atoms with Crippen molar-refractivity contribution >= 4 is 18.3 Å². The quantitative estimate of drug-likeness (QED) is 0.861. The molecule has 0 spiro atoms. The first kappa shape index (κ1) is 19.3. The van der Waals surface area contributed by atoms with E-state index in [4.69, 9.17) is 4.74 Å². The number of carbonyl (C=O) groups excluding carboxylic acids is 1. The van der Waals surface area contributed by atoms with Crippen molar-refractivity contribution in [2.45, 2.75) is 18.3 Å². The third kappa shape index (κ3) is 4.33. The van der Waals surface area contributed by atoms with E-state index in [1.807, 2.05) is 24.3 Å². The number of rotatable bonds is 5. The van der Waals surface area contributed by atoms with E-state index in [9.17, 15) is 4.79 Å². The Balaban J connectivity index is 0.00000225. The first-order valence-corrected chi connectivity index (χ1v) is 8.43. The summed E-state index contributed by atoms with van der Waals surface area (Å²) in [6, 6.07) is 17.8. The molecule has 0 radical (unpaired) electrons. The summed E-state index contributed by atoms with van der Waals surface area (Å²) in [7, 11) is 1.59. The Bertz CT molecular complexity index is 685. The lowest BCUT2D eigenvalue weighted by Crippen LogP contribution is -2.50. The average molecular weight is 361 g/mol. The van der Waals surface area contributed by atoms with Crippen LogP contribution in [-0.4, -0.2) is 32.7 Å². The molecule has 0 aromatic heterocycles. The molecule has 1 saturated heterocycles. The van der Waals surface area contributed by atoms with Gasteiger partial charge in [-0.25, -0.2) is 0 Å². The lowest BCUT2D eigenvalue weighted by atomic mass is 9.74. The van der Waals surface area contributed by atoms with Gasteiger partial charge < -0.3 is 15.4 Å². The summed E-state index contributed by atoms with van der Waals surface area (Å²) in [6.07, 6.45) is 2.18. The molecule has 2 aromatic carbocycles. The molecule has 1 heterocycles. The van der Waals surface area contributed by atoms with E-state index >= 15 is 0 Å². The van der Waals surface area contributed by atoms with Crippen molar-refractivity contribution in [1.82, 2.24) is 10.6 Å². The van der Waals surface area contributed by atoms with Crippen LogP contribution in [0.2, 0.25) is 0 Å². The van der Waals surface area contributed by atoms with Gasteiger partial charge in [-0.2, -0.15) is 0 Å². The lowest BCUT2D eigenvalue weighted by molar-refractivity contribution is 0.0936. The topological polar surface area (TPSA) is 50.4 Å². The summed E-state index contributed by atoms with van der Waals surface area (Å²) >= 11 is 0. The number of hydrogen-bond donors (Lipinski definition) is 2. The summed E-state index contributed by atoms with van der Waals surface area (Å²) in [5.74, 6) is 0.513. The molecule has 0 saturated carbocycles. The van der Waals surface area contributed by atoms with Crippen molar-refractivity contribution in [3.05, 3.63) is 65.7 Å². The zero-order valence-electron chi connectivity index (χ0n) is 14.5. The third-order valence-electron chi connectivity index (χ3n) is 4.80. The highest BCUT2D eigenvalue weighted by atomic mass is 35.5. The van der Waals surface area contributed by atoms with Crippen LogP contribution in [0.25, 0.3) is 0 Å². The molecule has 0 aliphatic carbocycles. The predicted octanol–water partition coefficient (Wildman–Crippen LogP) is 3.17. The van der Waals surface area contributed by atoms with Crippen molar-refractivity contribution in [2.75, 3.05) is 26.7 Å².